The van der Waals surface area contributed by atoms with Crippen LogP contribution in [0, 0.1) is 0 Å². The molecule has 1 atom stereocenters. The Hall–Kier alpha value is -1.35. The average Bonchev–Trinajstić information content (AvgIpc) is 2.72. The van der Waals surface area contributed by atoms with Crippen molar-refractivity contribution in [2.45, 2.75) is 45.1 Å². The van der Waals surface area contributed by atoms with Crippen LogP contribution in [0.4, 0.5) is 0 Å². The van der Waals surface area contributed by atoms with Gasteiger partial charge in [0.15, 0.2) is 5.78 Å². The number of hydrogen-bond acceptors (Lipinski definition) is 3. The third-order valence-corrected chi connectivity index (χ3v) is 4.23. The Labute approximate surface area is 121 Å². The summed E-state index contributed by atoms with van der Waals surface area (Å²) < 4.78 is 5.13. The van der Waals surface area contributed by atoms with Crippen LogP contribution in [0.25, 0.3) is 0 Å². The molecule has 0 aromatic heterocycles. The van der Waals surface area contributed by atoms with Crippen molar-refractivity contribution in [3.8, 4) is 5.75 Å². The fraction of sp³-hybridized carbons (Fsp3) is 0.588. The lowest BCUT2D eigenvalue weighted by Crippen LogP contribution is -2.38. The molecular formula is C17H25NO2. The molecule has 1 aliphatic rings. The second kappa shape index (κ2) is 7.44. The molecule has 0 radical (unpaired) electrons. The first-order valence-electron chi connectivity index (χ1n) is 7.66. The van der Waals surface area contributed by atoms with Gasteiger partial charge in [-0.25, -0.2) is 0 Å². The fourth-order valence-corrected chi connectivity index (χ4v) is 2.96. The second-order valence-electron chi connectivity index (χ2n) is 5.53. The maximum Gasteiger partial charge on any atom is 0.176 e. The van der Waals surface area contributed by atoms with Crippen LogP contribution in [-0.4, -0.2) is 36.9 Å². The SMILES string of the molecule is CCC1CCCCCN1CC(=O)c1ccc(OC)cc1. The molecule has 20 heavy (non-hydrogen) atoms. The molecule has 110 valence electrons. The Kier molecular flexibility index (Phi) is 5.60. The van der Waals surface area contributed by atoms with Crippen LogP contribution < -0.4 is 4.74 Å². The van der Waals surface area contributed by atoms with Crippen molar-refractivity contribution < 1.29 is 9.53 Å². The van der Waals surface area contributed by atoms with E-state index in [1.807, 2.05) is 24.3 Å². The van der Waals surface area contributed by atoms with E-state index in [1.165, 1.54) is 25.7 Å². The van der Waals surface area contributed by atoms with E-state index in [9.17, 15) is 4.79 Å². The molecule has 1 unspecified atom stereocenters. The van der Waals surface area contributed by atoms with Crippen LogP contribution in [0.15, 0.2) is 24.3 Å². The Morgan fingerprint density at radius 3 is 2.65 bits per heavy atom. The summed E-state index contributed by atoms with van der Waals surface area (Å²) in [6.07, 6.45) is 6.17. The van der Waals surface area contributed by atoms with Crippen molar-refractivity contribution in [1.29, 1.82) is 0 Å². The molecule has 3 nitrogen and oxygen atoms in total. The Morgan fingerprint density at radius 1 is 1.25 bits per heavy atom. The van der Waals surface area contributed by atoms with Crippen molar-refractivity contribution in [2.75, 3.05) is 20.2 Å². The molecule has 1 aliphatic heterocycles. The summed E-state index contributed by atoms with van der Waals surface area (Å²) in [6.45, 7) is 3.83. The molecule has 1 saturated heterocycles. The predicted molar refractivity (Wildman–Crippen MR) is 81.4 cm³/mol. The number of ether oxygens (including phenoxy) is 1. The molecule has 0 N–H and O–H groups in total. The van der Waals surface area contributed by atoms with Gasteiger partial charge in [0, 0.05) is 11.6 Å². The standard InChI is InChI=1S/C17H25NO2/c1-3-15-7-5-4-6-12-18(15)13-17(19)14-8-10-16(20-2)11-9-14/h8-11,15H,3-7,12-13H2,1-2H3. The lowest BCUT2D eigenvalue weighted by atomic mass is 10.1. The zero-order valence-corrected chi connectivity index (χ0v) is 12.6. The maximum absolute atomic E-state index is 12.4. The highest BCUT2D eigenvalue weighted by Gasteiger charge is 2.21. The van der Waals surface area contributed by atoms with E-state index < -0.39 is 0 Å². The summed E-state index contributed by atoms with van der Waals surface area (Å²) in [4.78, 5) is 14.8. The van der Waals surface area contributed by atoms with Crippen LogP contribution in [0.2, 0.25) is 0 Å². The number of benzene rings is 1. The number of likely N-dealkylation sites (tertiary alicyclic amines) is 1. The molecule has 1 aromatic rings. The summed E-state index contributed by atoms with van der Waals surface area (Å²) >= 11 is 0. The summed E-state index contributed by atoms with van der Waals surface area (Å²) in [6, 6.07) is 8.00. The van der Waals surface area contributed by atoms with Crippen LogP contribution in [0.1, 0.15) is 49.4 Å². The summed E-state index contributed by atoms with van der Waals surface area (Å²) in [5, 5.41) is 0. The Balaban J connectivity index is 2.00. The number of Topliss-reactive ketones (excluding diaryl/α,β-unsaturated/α-hetero) is 1. The van der Waals surface area contributed by atoms with Gasteiger partial charge < -0.3 is 4.74 Å². The average molecular weight is 275 g/mol. The minimum atomic E-state index is 0.216. The van der Waals surface area contributed by atoms with Crippen molar-refractivity contribution in [2.24, 2.45) is 0 Å². The minimum Gasteiger partial charge on any atom is -0.497 e. The zero-order valence-electron chi connectivity index (χ0n) is 12.6. The highest BCUT2D eigenvalue weighted by Crippen LogP contribution is 2.20. The molecule has 1 heterocycles. The highest BCUT2D eigenvalue weighted by atomic mass is 16.5. The molecule has 1 fully saturated rings. The molecule has 1 aromatic carbocycles. The van der Waals surface area contributed by atoms with Gasteiger partial charge in [-0.1, -0.05) is 19.8 Å². The first-order chi connectivity index (χ1) is 9.74. The molecule has 0 aliphatic carbocycles. The van der Waals surface area contributed by atoms with Gasteiger partial charge in [0.1, 0.15) is 5.75 Å². The Morgan fingerprint density at radius 2 is 2.00 bits per heavy atom. The lowest BCUT2D eigenvalue weighted by molar-refractivity contribution is 0.0890. The van der Waals surface area contributed by atoms with E-state index in [4.69, 9.17) is 4.74 Å². The number of hydrogen-bond donors (Lipinski definition) is 0. The fourth-order valence-electron chi connectivity index (χ4n) is 2.96. The van der Waals surface area contributed by atoms with Gasteiger partial charge in [0.05, 0.1) is 13.7 Å². The minimum absolute atomic E-state index is 0.216. The number of ketones is 1. The van der Waals surface area contributed by atoms with Gasteiger partial charge in [-0.2, -0.15) is 0 Å². The predicted octanol–water partition coefficient (Wildman–Crippen LogP) is 3.53. The van der Waals surface area contributed by atoms with E-state index in [2.05, 4.69) is 11.8 Å². The van der Waals surface area contributed by atoms with Crippen molar-refractivity contribution in [3.63, 3.8) is 0 Å². The Bertz CT molecular complexity index is 427. The largest absolute Gasteiger partial charge is 0.497 e. The molecule has 3 heteroatoms. The summed E-state index contributed by atoms with van der Waals surface area (Å²) in [5.41, 5.74) is 0.782. The normalized spacial score (nSPS) is 20.4. The van der Waals surface area contributed by atoms with Crippen molar-refractivity contribution in [3.05, 3.63) is 29.8 Å². The van der Waals surface area contributed by atoms with Gasteiger partial charge in [-0.15, -0.1) is 0 Å². The summed E-state index contributed by atoms with van der Waals surface area (Å²) in [7, 11) is 1.64. The van der Waals surface area contributed by atoms with Crippen LogP contribution in [0.5, 0.6) is 5.75 Å². The molecule has 0 spiro atoms. The topological polar surface area (TPSA) is 29.5 Å². The molecule has 0 bridgehead atoms. The van der Waals surface area contributed by atoms with Crippen LogP contribution in [0.3, 0.4) is 0 Å². The molecular weight excluding hydrogens is 250 g/mol. The molecule has 2 rings (SSSR count). The first-order valence-corrected chi connectivity index (χ1v) is 7.66. The van der Waals surface area contributed by atoms with Gasteiger partial charge in [0.25, 0.3) is 0 Å². The number of rotatable bonds is 5. The number of nitrogens with zero attached hydrogens (tertiary/aromatic N) is 1. The quantitative estimate of drug-likeness (QED) is 0.770. The van der Waals surface area contributed by atoms with E-state index >= 15 is 0 Å². The van der Waals surface area contributed by atoms with Crippen LogP contribution in [-0.2, 0) is 0 Å². The smallest absolute Gasteiger partial charge is 0.176 e. The van der Waals surface area contributed by atoms with Gasteiger partial charge in [-0.3, -0.25) is 9.69 Å². The van der Waals surface area contributed by atoms with Crippen molar-refractivity contribution in [1.82, 2.24) is 4.90 Å². The zero-order chi connectivity index (χ0) is 14.4. The molecule has 0 saturated carbocycles. The number of methoxy groups -OCH3 is 1. The third kappa shape index (κ3) is 3.83. The van der Waals surface area contributed by atoms with E-state index in [1.54, 1.807) is 7.11 Å². The highest BCUT2D eigenvalue weighted by molar-refractivity contribution is 5.97. The van der Waals surface area contributed by atoms with Gasteiger partial charge >= 0.3 is 0 Å². The van der Waals surface area contributed by atoms with E-state index in [0.717, 1.165) is 24.3 Å². The lowest BCUT2D eigenvalue weighted by Gasteiger charge is -2.28. The van der Waals surface area contributed by atoms with E-state index in [-0.39, 0.29) is 5.78 Å². The van der Waals surface area contributed by atoms with Gasteiger partial charge in [-0.05, 0) is 50.1 Å². The monoisotopic (exact) mass is 275 g/mol. The van der Waals surface area contributed by atoms with Crippen molar-refractivity contribution >= 4 is 5.78 Å². The van der Waals surface area contributed by atoms with Crippen LogP contribution >= 0.6 is 0 Å². The number of carbonyl (C=O) groups excluding carboxylic acids is 1. The number of carbonyl (C=O) groups is 1. The van der Waals surface area contributed by atoms with Gasteiger partial charge in [0.2, 0.25) is 0 Å². The maximum atomic E-state index is 12.4. The summed E-state index contributed by atoms with van der Waals surface area (Å²) in [5.74, 6) is 1.01. The molecule has 0 amide bonds. The second-order valence-corrected chi connectivity index (χ2v) is 5.53. The third-order valence-electron chi connectivity index (χ3n) is 4.23. The van der Waals surface area contributed by atoms with E-state index in [0.29, 0.717) is 12.6 Å². The first kappa shape index (κ1) is 15.0.